The molecule has 4 heterocycles. The van der Waals surface area contributed by atoms with Crippen LogP contribution in [0, 0.1) is 6.92 Å². The van der Waals surface area contributed by atoms with Crippen molar-refractivity contribution in [3.8, 4) is 11.5 Å². The Balaban J connectivity index is 1.26. The van der Waals surface area contributed by atoms with Crippen molar-refractivity contribution in [2.24, 2.45) is 0 Å². The molecule has 1 aromatic carbocycles. The number of aromatic nitrogens is 5. The first-order valence-electron chi connectivity index (χ1n) is 11.9. The fraction of sp³-hybridized carbons (Fsp3) is 0.231. The SMILES string of the molecule is CC(=O)O[C@@H]1CNCCN1c1ccc(Nc2nccc(Nc3ccnc(-c4cccc(C)n4)n3)n2)cc1. The lowest BCUT2D eigenvalue weighted by Gasteiger charge is -2.36. The molecule has 0 bridgehead atoms. The van der Waals surface area contributed by atoms with E-state index in [0.717, 1.165) is 30.2 Å². The van der Waals surface area contributed by atoms with E-state index in [4.69, 9.17) is 4.74 Å². The normalized spacial score (nSPS) is 15.2. The summed E-state index contributed by atoms with van der Waals surface area (Å²) in [6.07, 6.45) is 3.02. The molecule has 1 aliphatic heterocycles. The van der Waals surface area contributed by atoms with Crippen molar-refractivity contribution < 1.29 is 9.53 Å². The summed E-state index contributed by atoms with van der Waals surface area (Å²) in [5.41, 5.74) is 3.40. The maximum absolute atomic E-state index is 11.5. The Labute approximate surface area is 214 Å². The van der Waals surface area contributed by atoms with Crippen LogP contribution in [-0.4, -0.2) is 56.8 Å². The fourth-order valence-electron chi connectivity index (χ4n) is 3.98. The van der Waals surface area contributed by atoms with Crippen molar-refractivity contribution in [2.75, 3.05) is 35.2 Å². The minimum absolute atomic E-state index is 0.298. The average Bonchev–Trinajstić information content (AvgIpc) is 2.90. The van der Waals surface area contributed by atoms with Crippen molar-refractivity contribution in [3.05, 3.63) is 72.7 Å². The molecule has 0 saturated carbocycles. The highest BCUT2D eigenvalue weighted by Crippen LogP contribution is 2.24. The number of piperazine rings is 1. The molecular formula is C26H27N9O2. The van der Waals surface area contributed by atoms with E-state index in [1.807, 2.05) is 49.4 Å². The summed E-state index contributed by atoms with van der Waals surface area (Å²) < 4.78 is 5.45. The van der Waals surface area contributed by atoms with Gasteiger partial charge in [-0.25, -0.2) is 19.9 Å². The second-order valence-electron chi connectivity index (χ2n) is 8.45. The lowest BCUT2D eigenvalue weighted by Crippen LogP contribution is -2.53. The molecule has 0 radical (unpaired) electrons. The van der Waals surface area contributed by atoms with Gasteiger partial charge in [-0.1, -0.05) is 6.07 Å². The Morgan fingerprint density at radius 3 is 2.54 bits per heavy atom. The zero-order valence-electron chi connectivity index (χ0n) is 20.5. The second-order valence-corrected chi connectivity index (χ2v) is 8.45. The summed E-state index contributed by atoms with van der Waals surface area (Å²) in [4.78, 5) is 35.8. The summed E-state index contributed by atoms with van der Waals surface area (Å²) >= 11 is 0. The Bertz CT molecular complexity index is 1380. The monoisotopic (exact) mass is 497 g/mol. The van der Waals surface area contributed by atoms with Crippen LogP contribution in [0.5, 0.6) is 0 Å². The number of rotatable bonds is 7. The van der Waals surface area contributed by atoms with Gasteiger partial charge in [0.25, 0.3) is 0 Å². The van der Waals surface area contributed by atoms with Crippen LogP contribution in [-0.2, 0) is 9.53 Å². The number of carbonyl (C=O) groups is 1. The minimum Gasteiger partial charge on any atom is -0.440 e. The molecule has 3 N–H and O–H groups in total. The van der Waals surface area contributed by atoms with E-state index < -0.39 is 0 Å². The van der Waals surface area contributed by atoms with E-state index >= 15 is 0 Å². The molecule has 1 atom stereocenters. The lowest BCUT2D eigenvalue weighted by molar-refractivity contribution is -0.146. The standard InChI is InChI=1S/C26H27N9O2/c1-17-4-3-5-21(30-17)25-28-12-10-22(33-25)32-23-11-13-29-26(34-23)31-19-6-8-20(9-7-19)35-15-14-27-16-24(35)37-18(2)36/h3-13,24,27H,14-16H2,1-2H3,(H2,28,29,31,32,33,34)/t24-/m1/s1. The quantitative estimate of drug-likeness (QED) is 0.325. The van der Waals surface area contributed by atoms with Gasteiger partial charge in [0.2, 0.25) is 5.95 Å². The molecule has 0 aliphatic carbocycles. The molecule has 1 aliphatic rings. The molecule has 188 valence electrons. The number of hydrogen-bond donors (Lipinski definition) is 3. The minimum atomic E-state index is -0.333. The van der Waals surface area contributed by atoms with Crippen molar-refractivity contribution in [2.45, 2.75) is 20.1 Å². The number of nitrogens with zero attached hydrogens (tertiary/aromatic N) is 6. The van der Waals surface area contributed by atoms with Gasteiger partial charge >= 0.3 is 5.97 Å². The molecule has 1 fully saturated rings. The number of nitrogens with one attached hydrogen (secondary N) is 3. The summed E-state index contributed by atoms with van der Waals surface area (Å²) in [5, 5.41) is 9.68. The molecule has 0 amide bonds. The molecule has 5 rings (SSSR count). The highest BCUT2D eigenvalue weighted by Gasteiger charge is 2.24. The van der Waals surface area contributed by atoms with Crippen LogP contribution in [0.25, 0.3) is 11.5 Å². The van der Waals surface area contributed by atoms with Crippen LogP contribution in [0.3, 0.4) is 0 Å². The first-order valence-corrected chi connectivity index (χ1v) is 11.9. The molecule has 1 saturated heterocycles. The van der Waals surface area contributed by atoms with Gasteiger partial charge in [0, 0.05) is 49.5 Å². The van der Waals surface area contributed by atoms with Crippen LogP contribution in [0.15, 0.2) is 67.0 Å². The third-order valence-electron chi connectivity index (χ3n) is 5.64. The van der Waals surface area contributed by atoms with E-state index in [2.05, 4.69) is 45.8 Å². The molecule has 37 heavy (non-hydrogen) atoms. The first kappa shape index (κ1) is 24.1. The summed E-state index contributed by atoms with van der Waals surface area (Å²) in [5.74, 6) is 1.85. The van der Waals surface area contributed by atoms with Crippen LogP contribution in [0.2, 0.25) is 0 Å². The Morgan fingerprint density at radius 2 is 1.76 bits per heavy atom. The number of carbonyl (C=O) groups excluding carboxylic acids is 1. The number of anilines is 5. The van der Waals surface area contributed by atoms with Gasteiger partial charge < -0.3 is 25.6 Å². The van der Waals surface area contributed by atoms with Gasteiger partial charge in [-0.15, -0.1) is 0 Å². The second kappa shape index (κ2) is 11.0. The zero-order valence-corrected chi connectivity index (χ0v) is 20.5. The first-order chi connectivity index (χ1) is 18.0. The maximum atomic E-state index is 11.5. The van der Waals surface area contributed by atoms with Gasteiger partial charge in [-0.2, -0.15) is 4.98 Å². The smallest absolute Gasteiger partial charge is 0.304 e. The molecule has 4 aromatic rings. The molecule has 11 nitrogen and oxygen atoms in total. The van der Waals surface area contributed by atoms with Crippen molar-refractivity contribution >= 4 is 34.9 Å². The van der Waals surface area contributed by atoms with Crippen LogP contribution < -0.4 is 20.9 Å². The Morgan fingerprint density at radius 1 is 0.973 bits per heavy atom. The van der Waals surface area contributed by atoms with Crippen molar-refractivity contribution in [1.82, 2.24) is 30.2 Å². The number of esters is 1. The number of hydrogen-bond acceptors (Lipinski definition) is 11. The maximum Gasteiger partial charge on any atom is 0.304 e. The molecular weight excluding hydrogens is 470 g/mol. The Kier molecular flexibility index (Phi) is 7.13. The van der Waals surface area contributed by atoms with Crippen LogP contribution >= 0.6 is 0 Å². The van der Waals surface area contributed by atoms with Crippen LogP contribution in [0.1, 0.15) is 12.6 Å². The van der Waals surface area contributed by atoms with E-state index in [9.17, 15) is 4.79 Å². The third kappa shape index (κ3) is 6.14. The number of benzene rings is 1. The number of ether oxygens (including phenoxy) is 1. The summed E-state index contributed by atoms with van der Waals surface area (Å²) in [7, 11) is 0. The molecule has 0 unspecified atom stereocenters. The summed E-state index contributed by atoms with van der Waals surface area (Å²) in [6.45, 7) is 5.50. The highest BCUT2D eigenvalue weighted by molar-refractivity contribution is 5.67. The predicted molar refractivity (Wildman–Crippen MR) is 141 cm³/mol. The Hall–Kier alpha value is -4.64. The van der Waals surface area contributed by atoms with E-state index in [1.54, 1.807) is 24.5 Å². The lowest BCUT2D eigenvalue weighted by atomic mass is 10.2. The topological polar surface area (TPSA) is 130 Å². The van der Waals surface area contributed by atoms with Crippen molar-refractivity contribution in [1.29, 1.82) is 0 Å². The molecule has 11 heteroatoms. The fourth-order valence-corrected chi connectivity index (χ4v) is 3.98. The molecule has 3 aromatic heterocycles. The largest absolute Gasteiger partial charge is 0.440 e. The number of aryl methyl sites for hydroxylation is 1. The molecule has 0 spiro atoms. The van der Waals surface area contributed by atoms with Gasteiger partial charge in [0.1, 0.15) is 17.3 Å². The van der Waals surface area contributed by atoms with Gasteiger partial charge in [0.15, 0.2) is 12.1 Å². The zero-order chi connectivity index (χ0) is 25.6. The summed E-state index contributed by atoms with van der Waals surface area (Å²) in [6, 6.07) is 17.1. The van der Waals surface area contributed by atoms with E-state index in [1.165, 1.54) is 6.92 Å². The van der Waals surface area contributed by atoms with Gasteiger partial charge in [0.05, 0.1) is 6.54 Å². The predicted octanol–water partition coefficient (Wildman–Crippen LogP) is 3.42. The highest BCUT2D eigenvalue weighted by atomic mass is 16.6. The number of pyridine rings is 1. The van der Waals surface area contributed by atoms with Gasteiger partial charge in [-0.3, -0.25) is 4.79 Å². The average molecular weight is 498 g/mol. The van der Waals surface area contributed by atoms with Crippen molar-refractivity contribution in [3.63, 3.8) is 0 Å². The van der Waals surface area contributed by atoms with Gasteiger partial charge in [-0.05, 0) is 55.5 Å². The van der Waals surface area contributed by atoms with Crippen LogP contribution in [0.4, 0.5) is 29.0 Å². The van der Waals surface area contributed by atoms with E-state index in [0.29, 0.717) is 35.6 Å². The third-order valence-corrected chi connectivity index (χ3v) is 5.64. The van der Waals surface area contributed by atoms with E-state index in [-0.39, 0.29) is 12.2 Å².